The minimum absolute atomic E-state index is 0.0704. The predicted molar refractivity (Wildman–Crippen MR) is 118 cm³/mol. The summed E-state index contributed by atoms with van der Waals surface area (Å²) >= 11 is 5.95. The highest BCUT2D eigenvalue weighted by molar-refractivity contribution is 7.90. The summed E-state index contributed by atoms with van der Waals surface area (Å²) in [4.78, 5) is 62.0. The lowest BCUT2D eigenvalue weighted by molar-refractivity contribution is -0.385. The van der Waals surface area contributed by atoms with E-state index in [0.29, 0.717) is 4.90 Å². The van der Waals surface area contributed by atoms with E-state index in [1.807, 2.05) is 0 Å². The monoisotopic (exact) mass is 508 g/mol. The number of nitrogens with zero attached hydrogens (tertiary/aromatic N) is 2. The molecule has 1 aliphatic heterocycles. The lowest BCUT2D eigenvalue weighted by atomic mass is 10.1. The fourth-order valence-corrected chi connectivity index (χ4v) is 4.29. The lowest BCUT2D eigenvalue weighted by Crippen LogP contribution is -2.47. The van der Waals surface area contributed by atoms with E-state index in [0.717, 1.165) is 12.3 Å². The highest BCUT2D eigenvalue weighted by atomic mass is 35.5. The number of imide groups is 1. The Morgan fingerprint density at radius 2 is 1.79 bits per heavy atom. The van der Waals surface area contributed by atoms with Crippen LogP contribution in [0.15, 0.2) is 42.5 Å². The van der Waals surface area contributed by atoms with Crippen molar-refractivity contribution in [1.29, 1.82) is 0 Å². The van der Waals surface area contributed by atoms with Crippen LogP contribution in [0, 0.1) is 10.1 Å². The molecular weight excluding hydrogens is 492 g/mol. The number of carbonyl (C=O) groups is 4. The van der Waals surface area contributed by atoms with Crippen molar-refractivity contribution in [3.8, 4) is 0 Å². The van der Waals surface area contributed by atoms with Crippen LogP contribution in [0.2, 0.25) is 5.02 Å². The first-order valence-corrected chi connectivity index (χ1v) is 12.1. The maximum Gasteiger partial charge on any atom is 0.329 e. The van der Waals surface area contributed by atoms with Crippen LogP contribution < -0.4 is 0 Å². The summed E-state index contributed by atoms with van der Waals surface area (Å²) < 4.78 is 28.4. The molecule has 3 rings (SSSR count). The molecule has 2 aromatic carbocycles. The first-order valence-electron chi connectivity index (χ1n) is 9.69. The number of Topliss-reactive ketones (excluding diaryl/α,β-unsaturated/α-hetero) is 1. The molecule has 13 heteroatoms. The largest absolute Gasteiger partial charge is 0.456 e. The summed E-state index contributed by atoms with van der Waals surface area (Å²) in [5, 5.41) is 11.4. The normalized spacial score (nSPS) is 14.0. The van der Waals surface area contributed by atoms with Crippen molar-refractivity contribution in [3.05, 3.63) is 74.3 Å². The Kier molecular flexibility index (Phi) is 7.12. The van der Waals surface area contributed by atoms with Crippen molar-refractivity contribution in [2.75, 3.05) is 18.6 Å². The summed E-state index contributed by atoms with van der Waals surface area (Å²) in [6.45, 7) is -0.790. The number of hydrogen-bond donors (Lipinski definition) is 0. The standard InChI is InChI=1S/C21H17ClN2O9S/c1-34(31,32)10-9-16(21(28)33-11-17(25)12-5-2-3-7-14(12)22)23-19(26)13-6-4-8-15(24(29)30)18(13)20(23)27/h2-8,16H,9-11H2,1H3/t16-/m1/s1. The summed E-state index contributed by atoms with van der Waals surface area (Å²) in [5.74, 6) is -4.64. The Labute approximate surface area is 198 Å². The number of halogens is 1. The van der Waals surface area contributed by atoms with Crippen molar-refractivity contribution < 1.29 is 37.3 Å². The molecule has 1 heterocycles. The molecule has 11 nitrogen and oxygen atoms in total. The molecule has 0 saturated heterocycles. The number of ketones is 1. The average molecular weight is 509 g/mol. The Hall–Kier alpha value is -3.64. The van der Waals surface area contributed by atoms with Gasteiger partial charge in [-0.2, -0.15) is 0 Å². The van der Waals surface area contributed by atoms with Crippen LogP contribution >= 0.6 is 11.6 Å². The quantitative estimate of drug-likeness (QED) is 0.162. The number of fused-ring (bicyclic) bond motifs is 1. The third-order valence-corrected chi connectivity index (χ3v) is 6.29. The number of nitro benzene ring substituents is 1. The molecule has 2 aromatic rings. The van der Waals surface area contributed by atoms with E-state index < -0.39 is 74.4 Å². The van der Waals surface area contributed by atoms with Gasteiger partial charge >= 0.3 is 5.97 Å². The zero-order valence-electron chi connectivity index (χ0n) is 17.6. The van der Waals surface area contributed by atoms with Gasteiger partial charge in [0.1, 0.15) is 21.4 Å². The van der Waals surface area contributed by atoms with Gasteiger partial charge in [-0.3, -0.25) is 29.4 Å². The SMILES string of the molecule is CS(=O)(=O)CC[C@H](C(=O)OCC(=O)c1ccccc1Cl)N1C(=O)c2cccc([N+](=O)[O-])c2C1=O. The van der Waals surface area contributed by atoms with Crippen LogP contribution in [0.1, 0.15) is 37.5 Å². The van der Waals surface area contributed by atoms with E-state index in [2.05, 4.69) is 0 Å². The maximum atomic E-state index is 13.0. The number of benzene rings is 2. The summed E-state index contributed by atoms with van der Waals surface area (Å²) in [6, 6.07) is 7.68. The van der Waals surface area contributed by atoms with Crippen LogP contribution in [0.25, 0.3) is 0 Å². The molecule has 0 spiro atoms. The second-order valence-corrected chi connectivity index (χ2v) is 10.0. The highest BCUT2D eigenvalue weighted by Gasteiger charge is 2.47. The molecule has 1 aliphatic rings. The van der Waals surface area contributed by atoms with Crippen LogP contribution in [0.4, 0.5) is 5.69 Å². The maximum absolute atomic E-state index is 13.0. The minimum Gasteiger partial charge on any atom is -0.456 e. The minimum atomic E-state index is -3.64. The molecule has 0 unspecified atom stereocenters. The molecule has 0 aromatic heterocycles. The molecule has 34 heavy (non-hydrogen) atoms. The molecule has 178 valence electrons. The van der Waals surface area contributed by atoms with Gasteiger partial charge in [0.25, 0.3) is 17.5 Å². The Morgan fingerprint density at radius 1 is 1.12 bits per heavy atom. The number of nitro groups is 1. The zero-order chi connectivity index (χ0) is 25.2. The second-order valence-electron chi connectivity index (χ2n) is 7.38. The molecular formula is C21H17ClN2O9S. The van der Waals surface area contributed by atoms with Gasteiger partial charge in [0.15, 0.2) is 6.61 Å². The van der Waals surface area contributed by atoms with E-state index in [1.165, 1.54) is 24.3 Å². The number of sulfone groups is 1. The van der Waals surface area contributed by atoms with Gasteiger partial charge in [-0.05, 0) is 24.6 Å². The van der Waals surface area contributed by atoms with Gasteiger partial charge in [0, 0.05) is 17.9 Å². The number of carbonyl (C=O) groups excluding carboxylic acids is 4. The molecule has 0 N–H and O–H groups in total. The highest BCUT2D eigenvalue weighted by Crippen LogP contribution is 2.33. The second kappa shape index (κ2) is 9.69. The number of hydrogen-bond acceptors (Lipinski definition) is 9. The van der Waals surface area contributed by atoms with Crippen molar-refractivity contribution >= 4 is 50.7 Å². The van der Waals surface area contributed by atoms with E-state index in [-0.39, 0.29) is 16.1 Å². The summed E-state index contributed by atoms with van der Waals surface area (Å²) in [6.07, 6.45) is 0.362. The molecule has 2 amide bonds. The predicted octanol–water partition coefficient (Wildman–Crippen LogP) is 2.07. The van der Waals surface area contributed by atoms with E-state index in [1.54, 1.807) is 12.1 Å². The van der Waals surface area contributed by atoms with Gasteiger partial charge in [0.2, 0.25) is 5.78 Å². The van der Waals surface area contributed by atoms with Crippen LogP contribution in [-0.2, 0) is 19.4 Å². The van der Waals surface area contributed by atoms with Crippen LogP contribution in [0.3, 0.4) is 0 Å². The molecule has 1 atom stereocenters. The summed E-state index contributed by atoms with van der Waals surface area (Å²) in [7, 11) is -3.64. The Morgan fingerprint density at radius 3 is 2.41 bits per heavy atom. The van der Waals surface area contributed by atoms with Crippen LogP contribution in [-0.4, -0.2) is 66.5 Å². The van der Waals surface area contributed by atoms with Gasteiger partial charge in [-0.15, -0.1) is 0 Å². The molecule has 0 radical (unpaired) electrons. The third-order valence-electron chi connectivity index (χ3n) is 4.99. The topological polar surface area (TPSA) is 158 Å². The van der Waals surface area contributed by atoms with E-state index in [4.69, 9.17) is 16.3 Å². The molecule has 0 saturated carbocycles. The number of amides is 2. The molecule has 0 bridgehead atoms. The third kappa shape index (κ3) is 5.13. The van der Waals surface area contributed by atoms with Crippen molar-refractivity contribution in [2.24, 2.45) is 0 Å². The first kappa shape index (κ1) is 25.0. The summed E-state index contributed by atoms with van der Waals surface area (Å²) in [5.41, 5.74) is -1.38. The van der Waals surface area contributed by atoms with Crippen molar-refractivity contribution in [1.82, 2.24) is 4.90 Å². The fourth-order valence-electron chi connectivity index (χ4n) is 3.40. The number of esters is 1. The van der Waals surface area contributed by atoms with E-state index >= 15 is 0 Å². The zero-order valence-corrected chi connectivity index (χ0v) is 19.2. The Balaban J connectivity index is 1.89. The number of rotatable bonds is 9. The van der Waals surface area contributed by atoms with Gasteiger partial charge in [-0.1, -0.05) is 29.8 Å². The van der Waals surface area contributed by atoms with Gasteiger partial charge < -0.3 is 4.74 Å². The van der Waals surface area contributed by atoms with Gasteiger partial charge in [0.05, 0.1) is 21.3 Å². The first-order chi connectivity index (χ1) is 15.9. The molecule has 0 aliphatic carbocycles. The van der Waals surface area contributed by atoms with Crippen LogP contribution in [0.5, 0.6) is 0 Å². The van der Waals surface area contributed by atoms with E-state index in [9.17, 15) is 37.7 Å². The smallest absolute Gasteiger partial charge is 0.329 e. The fraction of sp³-hybridized carbons (Fsp3) is 0.238. The van der Waals surface area contributed by atoms with Gasteiger partial charge in [-0.25, -0.2) is 13.2 Å². The van der Waals surface area contributed by atoms with Crippen molar-refractivity contribution in [2.45, 2.75) is 12.5 Å². The van der Waals surface area contributed by atoms with Crippen molar-refractivity contribution in [3.63, 3.8) is 0 Å². The lowest BCUT2D eigenvalue weighted by Gasteiger charge is -2.24. The molecule has 0 fully saturated rings. The Bertz CT molecular complexity index is 1320. The number of ether oxygens (including phenoxy) is 1. The average Bonchev–Trinajstić information content (AvgIpc) is 3.02.